The molecular formula is C13H13Cl3N4O. The number of ether oxygens (including phenoxy) is 1. The van der Waals surface area contributed by atoms with Gasteiger partial charge in [-0.2, -0.15) is 4.99 Å². The molecule has 0 amide bonds. The third kappa shape index (κ3) is 4.52. The predicted molar refractivity (Wildman–Crippen MR) is 88.3 cm³/mol. The zero-order valence-electron chi connectivity index (χ0n) is 12.0. The van der Waals surface area contributed by atoms with E-state index in [4.69, 9.17) is 46.7 Å². The monoisotopic (exact) mass is 347 g/mol. The van der Waals surface area contributed by atoms with E-state index >= 15 is 0 Å². The van der Waals surface area contributed by atoms with Crippen molar-refractivity contribution in [2.75, 3.05) is 7.11 Å². The Hall–Kier alpha value is -1.43. The van der Waals surface area contributed by atoms with E-state index in [0.717, 1.165) is 16.6 Å². The topological polar surface area (TPSA) is 72.0 Å². The molecule has 5 nitrogen and oxygen atoms in total. The Balaban J connectivity index is 2.20. The van der Waals surface area contributed by atoms with Crippen LogP contribution in [0.25, 0.3) is 6.08 Å². The van der Waals surface area contributed by atoms with Crippen molar-refractivity contribution in [2.45, 2.75) is 9.96 Å². The SMILES string of the molecule is [2H]N1C(C=Cc2ccc(OC)cc2)=NC(N)=NC1C(Cl)(Cl)Cl. The molecule has 0 fully saturated rings. The normalized spacial score (nSPS) is 20.1. The first-order valence-corrected chi connectivity index (χ1v) is 7.03. The molecule has 8 heteroatoms. The lowest BCUT2D eigenvalue weighted by Gasteiger charge is -2.25. The molecule has 21 heavy (non-hydrogen) atoms. The van der Waals surface area contributed by atoms with E-state index in [1.807, 2.05) is 24.3 Å². The number of nitrogens with two attached hydrogens (primary N) is 1. The number of amidine groups is 1. The van der Waals surface area contributed by atoms with Crippen LogP contribution in [0, 0.1) is 0 Å². The highest BCUT2D eigenvalue weighted by Crippen LogP contribution is 2.31. The second-order valence-electron chi connectivity index (χ2n) is 4.11. The maximum Gasteiger partial charge on any atom is 0.230 e. The van der Waals surface area contributed by atoms with Gasteiger partial charge in [-0.3, -0.25) is 0 Å². The zero-order valence-corrected chi connectivity index (χ0v) is 13.3. The summed E-state index contributed by atoms with van der Waals surface area (Å²) in [4.78, 5) is 7.83. The molecule has 112 valence electrons. The highest BCUT2D eigenvalue weighted by Gasteiger charge is 2.34. The Bertz CT molecular complexity index is 625. The summed E-state index contributed by atoms with van der Waals surface area (Å²) in [7, 11) is 1.60. The summed E-state index contributed by atoms with van der Waals surface area (Å²) in [5.41, 5.74) is 6.50. The molecule has 0 aromatic heterocycles. The Morgan fingerprint density at radius 1 is 1.33 bits per heavy atom. The number of hydrogen-bond acceptors (Lipinski definition) is 5. The molecule has 1 aliphatic heterocycles. The van der Waals surface area contributed by atoms with Crippen molar-refractivity contribution >= 4 is 52.7 Å². The van der Waals surface area contributed by atoms with Gasteiger partial charge >= 0.3 is 0 Å². The van der Waals surface area contributed by atoms with Crippen LogP contribution in [0.15, 0.2) is 40.3 Å². The number of halogens is 3. The van der Waals surface area contributed by atoms with Crippen molar-refractivity contribution in [3.63, 3.8) is 0 Å². The first-order valence-electron chi connectivity index (χ1n) is 6.35. The highest BCUT2D eigenvalue weighted by atomic mass is 35.6. The van der Waals surface area contributed by atoms with E-state index in [-0.39, 0.29) is 11.8 Å². The number of aliphatic imine (C=N–C) groups is 2. The molecule has 1 aliphatic rings. The third-order valence-electron chi connectivity index (χ3n) is 2.57. The van der Waals surface area contributed by atoms with E-state index < -0.39 is 9.96 Å². The summed E-state index contributed by atoms with van der Waals surface area (Å²) >= 11 is 17.4. The van der Waals surface area contributed by atoms with Gasteiger partial charge in [0.05, 0.1) is 7.11 Å². The van der Waals surface area contributed by atoms with Crippen LogP contribution in [-0.2, 0) is 0 Å². The van der Waals surface area contributed by atoms with Crippen LogP contribution in [0.5, 0.6) is 5.75 Å². The number of nitrogens with zero attached hydrogens (tertiary/aromatic N) is 2. The molecule has 0 saturated carbocycles. The lowest BCUT2D eigenvalue weighted by molar-refractivity contribution is 0.415. The van der Waals surface area contributed by atoms with Gasteiger partial charge in [0, 0.05) is 0 Å². The molecule has 1 aromatic carbocycles. The standard InChI is InChI=1S/C13H13Cl3N4O/c1-21-9-5-2-8(3-6-9)4-7-10-18-11(13(14,15)16)20-12(17)19-10/h2-7,11H,1H3,(H3,17,18,19,20)/i/hD. The Morgan fingerprint density at radius 2 is 2.00 bits per heavy atom. The number of rotatable bonds is 3. The quantitative estimate of drug-likeness (QED) is 0.825. The average molecular weight is 349 g/mol. The van der Waals surface area contributed by atoms with Crippen LogP contribution < -0.4 is 15.8 Å². The molecule has 1 unspecified atom stereocenters. The van der Waals surface area contributed by atoms with Crippen LogP contribution >= 0.6 is 34.8 Å². The summed E-state index contributed by atoms with van der Waals surface area (Å²) in [5.74, 6) is 0.927. The summed E-state index contributed by atoms with van der Waals surface area (Å²) < 4.78 is 11.3. The summed E-state index contributed by atoms with van der Waals surface area (Å²) in [6, 6.07) is 7.36. The molecular weight excluding hydrogens is 335 g/mol. The number of hydrogen-bond donors (Lipinski definition) is 2. The minimum Gasteiger partial charge on any atom is -0.497 e. The molecule has 0 radical (unpaired) electrons. The highest BCUT2D eigenvalue weighted by molar-refractivity contribution is 6.68. The Kier molecular flexibility index (Phi) is 4.53. The summed E-state index contributed by atoms with van der Waals surface area (Å²) in [5, 5.41) is 0.906. The second kappa shape index (κ2) is 6.56. The van der Waals surface area contributed by atoms with Gasteiger partial charge in [0.2, 0.25) is 9.75 Å². The van der Waals surface area contributed by atoms with Crippen molar-refractivity contribution < 1.29 is 6.15 Å². The van der Waals surface area contributed by atoms with Crippen LogP contribution in [0.3, 0.4) is 0 Å². The molecule has 1 aromatic rings. The van der Waals surface area contributed by atoms with E-state index in [1.165, 1.54) is 0 Å². The largest absolute Gasteiger partial charge is 0.497 e. The van der Waals surface area contributed by atoms with E-state index in [2.05, 4.69) is 9.98 Å². The maximum atomic E-state index is 7.98. The number of nitrogens with one attached hydrogen (secondary N) is 1. The third-order valence-corrected chi connectivity index (χ3v) is 3.16. The van der Waals surface area contributed by atoms with Gasteiger partial charge in [-0.25, -0.2) is 4.99 Å². The minimum absolute atomic E-state index is 0.0470. The van der Waals surface area contributed by atoms with Gasteiger partial charge in [0.1, 0.15) is 11.6 Å². The van der Waals surface area contributed by atoms with Gasteiger partial charge in [-0.1, -0.05) is 53.0 Å². The van der Waals surface area contributed by atoms with E-state index in [9.17, 15) is 0 Å². The molecule has 0 aliphatic carbocycles. The zero-order chi connectivity index (χ0) is 16.3. The van der Waals surface area contributed by atoms with Crippen molar-refractivity contribution in [1.29, 1.82) is 0 Å². The van der Waals surface area contributed by atoms with Crippen molar-refractivity contribution in [1.82, 2.24) is 5.31 Å². The number of guanidine groups is 1. The summed E-state index contributed by atoms with van der Waals surface area (Å²) in [6.45, 7) is 0. The summed E-state index contributed by atoms with van der Waals surface area (Å²) in [6.07, 6.45) is 2.29. The fourth-order valence-electron chi connectivity index (χ4n) is 1.57. The molecule has 2 rings (SSSR count). The molecule has 0 spiro atoms. The van der Waals surface area contributed by atoms with Gasteiger partial charge in [0.25, 0.3) is 0 Å². The van der Waals surface area contributed by atoms with Gasteiger partial charge in [-0.15, -0.1) is 0 Å². The minimum atomic E-state index is -1.79. The molecule has 1 heterocycles. The van der Waals surface area contributed by atoms with Gasteiger partial charge in [0.15, 0.2) is 7.58 Å². The van der Waals surface area contributed by atoms with Gasteiger partial charge < -0.3 is 15.8 Å². The molecule has 1 atom stereocenters. The van der Waals surface area contributed by atoms with Crippen molar-refractivity contribution in [2.24, 2.45) is 15.7 Å². The molecule has 0 saturated heterocycles. The second-order valence-corrected chi connectivity index (χ2v) is 6.48. The Labute approximate surface area is 138 Å². The average Bonchev–Trinajstić information content (AvgIpc) is 2.47. The number of methoxy groups -OCH3 is 1. The van der Waals surface area contributed by atoms with E-state index in [1.54, 1.807) is 19.3 Å². The van der Waals surface area contributed by atoms with Gasteiger partial charge in [-0.05, 0) is 23.8 Å². The fraction of sp³-hybridized carbons (Fsp3) is 0.231. The number of benzene rings is 1. The van der Waals surface area contributed by atoms with E-state index in [0.29, 0.717) is 0 Å². The first-order chi connectivity index (χ1) is 10.3. The predicted octanol–water partition coefficient (Wildman–Crippen LogP) is 2.72. The maximum absolute atomic E-state index is 7.98. The van der Waals surface area contributed by atoms with Crippen molar-refractivity contribution in [3.05, 3.63) is 35.9 Å². The fourth-order valence-corrected chi connectivity index (χ4v) is 1.86. The first kappa shape index (κ1) is 14.5. The smallest absolute Gasteiger partial charge is 0.230 e. The molecule has 3 N–H and O–H groups in total. The number of alkyl halides is 3. The lowest BCUT2D eigenvalue weighted by atomic mass is 10.2. The lowest BCUT2D eigenvalue weighted by Crippen LogP contribution is -2.46. The van der Waals surface area contributed by atoms with Crippen LogP contribution in [0.1, 0.15) is 5.56 Å². The van der Waals surface area contributed by atoms with Crippen LogP contribution in [-0.4, -0.2) is 28.9 Å². The van der Waals surface area contributed by atoms with Crippen molar-refractivity contribution in [3.8, 4) is 5.75 Å². The van der Waals surface area contributed by atoms with Crippen LogP contribution in [0.4, 0.5) is 0 Å². The molecule has 0 bridgehead atoms. The van der Waals surface area contributed by atoms with Crippen LogP contribution in [0.2, 0.25) is 1.41 Å². The Morgan fingerprint density at radius 3 is 2.57 bits per heavy atom.